The summed E-state index contributed by atoms with van der Waals surface area (Å²) < 4.78 is 5.31. The number of rotatable bonds is 5. The monoisotopic (exact) mass is 214 g/mol. The van der Waals surface area contributed by atoms with Gasteiger partial charge in [-0.2, -0.15) is 0 Å². The van der Waals surface area contributed by atoms with Crippen molar-refractivity contribution >= 4 is 0 Å². The summed E-state index contributed by atoms with van der Waals surface area (Å²) in [7, 11) is 3.81. The third kappa shape index (κ3) is 3.74. The van der Waals surface area contributed by atoms with Crippen LogP contribution >= 0.6 is 0 Å². The molecule has 1 aliphatic rings. The lowest BCUT2D eigenvalue weighted by molar-refractivity contribution is 0.0312. The van der Waals surface area contributed by atoms with Gasteiger partial charge in [-0.15, -0.1) is 0 Å². The smallest absolute Gasteiger partial charge is 0.0630 e. The van der Waals surface area contributed by atoms with Crippen molar-refractivity contribution in [2.45, 2.75) is 38.8 Å². The molecule has 15 heavy (non-hydrogen) atoms. The van der Waals surface area contributed by atoms with Gasteiger partial charge >= 0.3 is 0 Å². The number of methoxy groups -OCH3 is 1. The number of nitrogens with zero attached hydrogens (tertiary/aromatic N) is 1. The van der Waals surface area contributed by atoms with Gasteiger partial charge in [-0.25, -0.2) is 0 Å². The van der Waals surface area contributed by atoms with Gasteiger partial charge in [-0.1, -0.05) is 6.92 Å². The van der Waals surface area contributed by atoms with Gasteiger partial charge in [-0.3, -0.25) is 4.90 Å². The van der Waals surface area contributed by atoms with E-state index >= 15 is 0 Å². The lowest BCUT2D eigenvalue weighted by Crippen LogP contribution is -2.52. The molecule has 3 unspecified atom stereocenters. The fourth-order valence-corrected chi connectivity index (χ4v) is 2.53. The molecule has 1 heterocycles. The van der Waals surface area contributed by atoms with E-state index < -0.39 is 0 Å². The molecule has 1 aliphatic heterocycles. The van der Waals surface area contributed by atoms with E-state index in [4.69, 9.17) is 4.74 Å². The molecule has 3 nitrogen and oxygen atoms in total. The van der Waals surface area contributed by atoms with Gasteiger partial charge < -0.3 is 10.1 Å². The molecule has 0 bridgehead atoms. The fraction of sp³-hybridized carbons (Fsp3) is 1.00. The second-order valence-corrected chi connectivity index (χ2v) is 4.90. The molecular formula is C12H26N2O. The summed E-state index contributed by atoms with van der Waals surface area (Å²) in [5.74, 6) is 0.831. The SMILES string of the molecule is CNCC(COC)N1CC(C)CCC1C. The zero-order chi connectivity index (χ0) is 11.3. The van der Waals surface area contributed by atoms with Crippen LogP contribution in [-0.4, -0.2) is 50.8 Å². The van der Waals surface area contributed by atoms with Crippen LogP contribution in [0.1, 0.15) is 26.7 Å². The quantitative estimate of drug-likeness (QED) is 0.747. The average Bonchev–Trinajstić information content (AvgIpc) is 2.21. The topological polar surface area (TPSA) is 24.5 Å². The van der Waals surface area contributed by atoms with Crippen LogP contribution in [0.25, 0.3) is 0 Å². The van der Waals surface area contributed by atoms with Gasteiger partial charge in [0, 0.05) is 32.3 Å². The van der Waals surface area contributed by atoms with Crippen LogP contribution in [0.15, 0.2) is 0 Å². The average molecular weight is 214 g/mol. The number of nitrogens with one attached hydrogen (secondary N) is 1. The van der Waals surface area contributed by atoms with E-state index in [1.807, 2.05) is 7.05 Å². The minimum atomic E-state index is 0.526. The predicted octanol–water partition coefficient (Wildman–Crippen LogP) is 1.34. The lowest BCUT2D eigenvalue weighted by atomic mass is 9.93. The molecule has 90 valence electrons. The molecule has 0 radical (unpaired) electrons. The highest BCUT2D eigenvalue weighted by molar-refractivity contribution is 4.83. The maximum atomic E-state index is 5.31. The molecule has 0 aromatic rings. The lowest BCUT2D eigenvalue weighted by Gasteiger charge is -2.41. The first kappa shape index (κ1) is 12.9. The highest BCUT2D eigenvalue weighted by Gasteiger charge is 2.28. The number of hydrogen-bond acceptors (Lipinski definition) is 3. The van der Waals surface area contributed by atoms with E-state index in [2.05, 4.69) is 24.1 Å². The van der Waals surface area contributed by atoms with Gasteiger partial charge in [0.1, 0.15) is 0 Å². The van der Waals surface area contributed by atoms with E-state index in [0.717, 1.165) is 19.1 Å². The van der Waals surface area contributed by atoms with Crippen molar-refractivity contribution in [2.24, 2.45) is 5.92 Å². The fourth-order valence-electron chi connectivity index (χ4n) is 2.53. The maximum absolute atomic E-state index is 5.31. The van der Waals surface area contributed by atoms with Crippen LogP contribution in [0.2, 0.25) is 0 Å². The standard InChI is InChI=1S/C12H26N2O/c1-10-5-6-11(2)14(8-10)12(7-13-3)9-15-4/h10-13H,5-9H2,1-4H3. The summed E-state index contributed by atoms with van der Waals surface area (Å²) >= 11 is 0. The van der Waals surface area contributed by atoms with Crippen LogP contribution in [0, 0.1) is 5.92 Å². The molecule has 0 aliphatic carbocycles. The molecular weight excluding hydrogens is 188 g/mol. The van der Waals surface area contributed by atoms with Gasteiger partial charge in [0.05, 0.1) is 6.61 Å². The number of likely N-dealkylation sites (tertiary alicyclic amines) is 1. The summed E-state index contributed by atoms with van der Waals surface area (Å²) in [6.07, 6.45) is 2.70. The maximum Gasteiger partial charge on any atom is 0.0630 e. The van der Waals surface area contributed by atoms with Crippen molar-refractivity contribution in [1.82, 2.24) is 10.2 Å². The molecule has 1 saturated heterocycles. The Hall–Kier alpha value is -0.120. The first-order valence-electron chi connectivity index (χ1n) is 6.08. The Morgan fingerprint density at radius 2 is 2.13 bits per heavy atom. The van der Waals surface area contributed by atoms with Crippen LogP contribution in [0.4, 0.5) is 0 Å². The summed E-state index contributed by atoms with van der Waals surface area (Å²) in [6.45, 7) is 7.76. The van der Waals surface area contributed by atoms with Crippen molar-refractivity contribution in [2.75, 3.05) is 33.9 Å². The van der Waals surface area contributed by atoms with Crippen molar-refractivity contribution in [3.8, 4) is 0 Å². The molecule has 3 atom stereocenters. The normalized spacial score (nSPS) is 30.4. The minimum Gasteiger partial charge on any atom is -0.383 e. The molecule has 0 amide bonds. The van der Waals surface area contributed by atoms with E-state index in [1.165, 1.54) is 19.4 Å². The Kier molecular flexibility index (Phi) is 5.58. The Balaban J connectivity index is 2.54. The summed E-state index contributed by atoms with van der Waals surface area (Å²) in [6, 6.07) is 1.23. The van der Waals surface area contributed by atoms with Crippen molar-refractivity contribution < 1.29 is 4.74 Å². The number of ether oxygens (including phenoxy) is 1. The van der Waals surface area contributed by atoms with E-state index in [1.54, 1.807) is 7.11 Å². The molecule has 3 heteroatoms. The summed E-state index contributed by atoms with van der Waals surface area (Å²) in [4.78, 5) is 2.61. The van der Waals surface area contributed by atoms with Crippen LogP contribution in [0.3, 0.4) is 0 Å². The van der Waals surface area contributed by atoms with E-state index in [-0.39, 0.29) is 0 Å². The summed E-state index contributed by atoms with van der Waals surface area (Å²) in [5.41, 5.74) is 0. The third-order valence-corrected chi connectivity index (χ3v) is 3.43. The van der Waals surface area contributed by atoms with Crippen molar-refractivity contribution in [3.05, 3.63) is 0 Å². The van der Waals surface area contributed by atoms with Crippen molar-refractivity contribution in [1.29, 1.82) is 0 Å². The molecule has 0 aromatic heterocycles. The largest absolute Gasteiger partial charge is 0.383 e. The number of hydrogen-bond donors (Lipinski definition) is 1. The molecule has 1 rings (SSSR count). The molecule has 1 fully saturated rings. The van der Waals surface area contributed by atoms with Crippen LogP contribution in [-0.2, 0) is 4.74 Å². The highest BCUT2D eigenvalue weighted by atomic mass is 16.5. The van der Waals surface area contributed by atoms with E-state index in [0.29, 0.717) is 12.1 Å². The number of piperidine rings is 1. The Morgan fingerprint density at radius 1 is 1.40 bits per heavy atom. The second-order valence-electron chi connectivity index (χ2n) is 4.90. The molecule has 1 N–H and O–H groups in total. The van der Waals surface area contributed by atoms with Crippen molar-refractivity contribution in [3.63, 3.8) is 0 Å². The summed E-state index contributed by atoms with van der Waals surface area (Å²) in [5, 5.41) is 3.26. The Labute approximate surface area is 94.2 Å². The molecule has 0 aromatic carbocycles. The van der Waals surface area contributed by atoms with Gasteiger partial charge in [0.2, 0.25) is 0 Å². The van der Waals surface area contributed by atoms with Crippen LogP contribution < -0.4 is 5.32 Å². The molecule has 0 saturated carbocycles. The first-order valence-corrected chi connectivity index (χ1v) is 6.08. The Morgan fingerprint density at radius 3 is 2.73 bits per heavy atom. The van der Waals surface area contributed by atoms with Gasteiger partial charge in [-0.05, 0) is 32.7 Å². The zero-order valence-corrected chi connectivity index (χ0v) is 10.6. The third-order valence-electron chi connectivity index (χ3n) is 3.43. The highest BCUT2D eigenvalue weighted by Crippen LogP contribution is 2.23. The van der Waals surface area contributed by atoms with Gasteiger partial charge in [0.25, 0.3) is 0 Å². The van der Waals surface area contributed by atoms with Gasteiger partial charge in [0.15, 0.2) is 0 Å². The first-order chi connectivity index (χ1) is 7.19. The Bertz CT molecular complexity index is 169. The van der Waals surface area contributed by atoms with E-state index in [9.17, 15) is 0 Å². The predicted molar refractivity (Wildman–Crippen MR) is 64.2 cm³/mol. The second kappa shape index (κ2) is 6.46. The minimum absolute atomic E-state index is 0.526. The zero-order valence-electron chi connectivity index (χ0n) is 10.6. The van der Waals surface area contributed by atoms with Crippen LogP contribution in [0.5, 0.6) is 0 Å². The number of likely N-dealkylation sites (N-methyl/N-ethyl adjacent to an activating group) is 1. The molecule has 0 spiro atoms.